The summed E-state index contributed by atoms with van der Waals surface area (Å²) in [6.45, 7) is 3.41. The predicted molar refractivity (Wildman–Crippen MR) is 56.5 cm³/mol. The lowest BCUT2D eigenvalue weighted by Crippen LogP contribution is -2.11. The first-order valence-corrected chi connectivity index (χ1v) is 5.01. The van der Waals surface area contributed by atoms with Crippen molar-refractivity contribution in [2.24, 2.45) is 0 Å². The van der Waals surface area contributed by atoms with Crippen LogP contribution in [0.4, 0.5) is 4.39 Å². The third-order valence-electron chi connectivity index (χ3n) is 2.25. The van der Waals surface area contributed by atoms with Gasteiger partial charge < -0.3 is 5.11 Å². The lowest BCUT2D eigenvalue weighted by molar-refractivity contribution is 0.169. The molecule has 0 spiro atoms. The van der Waals surface area contributed by atoms with Crippen LogP contribution in [0.3, 0.4) is 0 Å². The van der Waals surface area contributed by atoms with Gasteiger partial charge >= 0.3 is 0 Å². The quantitative estimate of drug-likeness (QED) is 0.779. The molecular weight excluding hydrogens is 226 g/mol. The van der Waals surface area contributed by atoms with Crippen LogP contribution in [0, 0.1) is 5.82 Å². The number of hydrogen-bond donors (Lipinski definition) is 1. The zero-order valence-corrected chi connectivity index (χ0v) is 9.40. The standard InChI is InChI=1S/C10H11Cl2FO/c1-5(6(2)14)7-3-10(13)9(12)4-8(7)11/h3-6,14H,1-2H3. The van der Waals surface area contributed by atoms with E-state index >= 15 is 0 Å². The zero-order chi connectivity index (χ0) is 10.9. The Bertz CT molecular complexity index is 339. The summed E-state index contributed by atoms with van der Waals surface area (Å²) in [5, 5.41) is 9.72. The van der Waals surface area contributed by atoms with E-state index in [4.69, 9.17) is 23.2 Å². The van der Waals surface area contributed by atoms with Crippen molar-refractivity contribution < 1.29 is 9.50 Å². The Morgan fingerprint density at radius 1 is 1.21 bits per heavy atom. The highest BCUT2D eigenvalue weighted by Gasteiger charge is 2.17. The summed E-state index contributed by atoms with van der Waals surface area (Å²) >= 11 is 11.4. The summed E-state index contributed by atoms with van der Waals surface area (Å²) in [6.07, 6.45) is -0.576. The number of halogens is 3. The molecule has 4 heteroatoms. The van der Waals surface area contributed by atoms with Crippen molar-refractivity contribution in [1.29, 1.82) is 0 Å². The molecule has 0 saturated heterocycles. The van der Waals surface area contributed by atoms with Gasteiger partial charge in [-0.1, -0.05) is 30.1 Å². The van der Waals surface area contributed by atoms with E-state index in [1.54, 1.807) is 13.8 Å². The van der Waals surface area contributed by atoms with Gasteiger partial charge in [0.2, 0.25) is 0 Å². The smallest absolute Gasteiger partial charge is 0.142 e. The number of aliphatic hydroxyl groups excluding tert-OH is 1. The Labute approximate surface area is 92.5 Å². The summed E-state index contributed by atoms with van der Waals surface area (Å²) in [4.78, 5) is 0. The normalized spacial score (nSPS) is 15.3. The van der Waals surface area contributed by atoms with E-state index in [-0.39, 0.29) is 10.9 Å². The van der Waals surface area contributed by atoms with Gasteiger partial charge in [0, 0.05) is 10.9 Å². The largest absolute Gasteiger partial charge is 0.393 e. The Hall–Kier alpha value is -0.310. The molecule has 0 aliphatic heterocycles. The minimum Gasteiger partial charge on any atom is -0.393 e. The Morgan fingerprint density at radius 3 is 2.29 bits per heavy atom. The zero-order valence-electron chi connectivity index (χ0n) is 7.89. The average Bonchev–Trinajstić information content (AvgIpc) is 2.10. The van der Waals surface area contributed by atoms with Gasteiger partial charge in [0.1, 0.15) is 5.82 Å². The number of aliphatic hydroxyl groups is 1. The fourth-order valence-electron chi connectivity index (χ4n) is 1.15. The number of rotatable bonds is 2. The summed E-state index contributed by atoms with van der Waals surface area (Å²) in [5.74, 6) is -0.729. The molecule has 1 rings (SSSR count). The van der Waals surface area contributed by atoms with Crippen LogP contribution in [0.2, 0.25) is 10.0 Å². The van der Waals surface area contributed by atoms with Crippen molar-refractivity contribution in [2.75, 3.05) is 0 Å². The molecule has 14 heavy (non-hydrogen) atoms. The van der Waals surface area contributed by atoms with Gasteiger partial charge in [-0.05, 0) is 24.6 Å². The van der Waals surface area contributed by atoms with Crippen LogP contribution in [0.15, 0.2) is 12.1 Å². The lowest BCUT2D eigenvalue weighted by Gasteiger charge is -2.16. The average molecular weight is 237 g/mol. The lowest BCUT2D eigenvalue weighted by atomic mass is 9.96. The molecule has 0 amide bonds. The monoisotopic (exact) mass is 236 g/mol. The van der Waals surface area contributed by atoms with Gasteiger partial charge in [-0.2, -0.15) is 0 Å². The van der Waals surface area contributed by atoms with Crippen LogP contribution in [0.5, 0.6) is 0 Å². The highest BCUT2D eigenvalue weighted by molar-refractivity contribution is 6.35. The van der Waals surface area contributed by atoms with Crippen LogP contribution in [0.25, 0.3) is 0 Å². The molecule has 0 fully saturated rings. The highest BCUT2D eigenvalue weighted by Crippen LogP contribution is 2.31. The van der Waals surface area contributed by atoms with Gasteiger partial charge in [-0.3, -0.25) is 0 Å². The van der Waals surface area contributed by atoms with Crippen molar-refractivity contribution in [2.45, 2.75) is 25.9 Å². The molecule has 2 unspecified atom stereocenters. The minimum absolute atomic E-state index is 0.00320. The third kappa shape index (κ3) is 2.38. The first-order valence-electron chi connectivity index (χ1n) is 4.26. The van der Waals surface area contributed by atoms with E-state index in [1.165, 1.54) is 12.1 Å². The van der Waals surface area contributed by atoms with Crippen LogP contribution in [-0.2, 0) is 0 Å². The molecule has 78 valence electrons. The van der Waals surface area contributed by atoms with Crippen molar-refractivity contribution in [3.8, 4) is 0 Å². The van der Waals surface area contributed by atoms with Crippen LogP contribution in [0.1, 0.15) is 25.3 Å². The van der Waals surface area contributed by atoms with Gasteiger partial charge in [-0.15, -0.1) is 0 Å². The van der Waals surface area contributed by atoms with Crippen molar-refractivity contribution in [3.63, 3.8) is 0 Å². The van der Waals surface area contributed by atoms with Crippen LogP contribution < -0.4 is 0 Å². The summed E-state index contributed by atoms with van der Waals surface area (Å²) in [5.41, 5.74) is 0.573. The van der Waals surface area contributed by atoms with E-state index in [2.05, 4.69) is 0 Å². The molecule has 1 aromatic carbocycles. The molecule has 0 aliphatic rings. The minimum atomic E-state index is -0.576. The molecule has 0 radical (unpaired) electrons. The van der Waals surface area contributed by atoms with Gasteiger partial charge in [0.25, 0.3) is 0 Å². The highest BCUT2D eigenvalue weighted by atomic mass is 35.5. The van der Waals surface area contributed by atoms with Gasteiger partial charge in [0.05, 0.1) is 11.1 Å². The van der Waals surface area contributed by atoms with Crippen LogP contribution in [-0.4, -0.2) is 11.2 Å². The first-order chi connectivity index (χ1) is 6.43. The van der Waals surface area contributed by atoms with Crippen molar-refractivity contribution >= 4 is 23.2 Å². The molecule has 0 saturated carbocycles. The fraction of sp³-hybridized carbons (Fsp3) is 0.400. The Kier molecular flexibility index (Phi) is 3.76. The summed E-state index contributed by atoms with van der Waals surface area (Å²) < 4.78 is 13.1. The maximum absolute atomic E-state index is 13.1. The van der Waals surface area contributed by atoms with E-state index in [1.807, 2.05) is 0 Å². The number of hydrogen-bond acceptors (Lipinski definition) is 1. The molecule has 1 N–H and O–H groups in total. The second kappa shape index (κ2) is 4.47. The molecule has 0 aromatic heterocycles. The summed E-state index contributed by atoms with van der Waals surface area (Å²) in [6, 6.07) is 2.62. The molecule has 2 atom stereocenters. The van der Waals surface area contributed by atoms with E-state index in [0.29, 0.717) is 10.6 Å². The maximum atomic E-state index is 13.1. The van der Waals surface area contributed by atoms with E-state index in [9.17, 15) is 9.50 Å². The van der Waals surface area contributed by atoms with E-state index in [0.717, 1.165) is 0 Å². The van der Waals surface area contributed by atoms with Crippen LogP contribution >= 0.6 is 23.2 Å². The van der Waals surface area contributed by atoms with Gasteiger partial charge in [0.15, 0.2) is 0 Å². The molecule has 1 aromatic rings. The molecule has 1 nitrogen and oxygen atoms in total. The molecule has 0 bridgehead atoms. The number of benzene rings is 1. The molecule has 0 heterocycles. The summed E-state index contributed by atoms with van der Waals surface area (Å²) in [7, 11) is 0. The van der Waals surface area contributed by atoms with Crippen molar-refractivity contribution in [1.82, 2.24) is 0 Å². The molecular formula is C10H11Cl2FO. The Balaban J connectivity index is 3.15. The third-order valence-corrected chi connectivity index (χ3v) is 2.87. The topological polar surface area (TPSA) is 20.2 Å². The molecule has 0 aliphatic carbocycles. The Morgan fingerprint density at radius 2 is 1.79 bits per heavy atom. The predicted octanol–water partition coefficient (Wildman–Crippen LogP) is 3.62. The first kappa shape index (κ1) is 11.8. The second-order valence-corrected chi connectivity index (χ2v) is 4.13. The second-order valence-electron chi connectivity index (χ2n) is 3.32. The van der Waals surface area contributed by atoms with Gasteiger partial charge in [-0.25, -0.2) is 4.39 Å². The van der Waals surface area contributed by atoms with E-state index < -0.39 is 11.9 Å². The fourth-order valence-corrected chi connectivity index (χ4v) is 1.70. The SMILES string of the molecule is CC(O)C(C)c1cc(F)c(Cl)cc1Cl. The van der Waals surface area contributed by atoms with Crippen molar-refractivity contribution in [3.05, 3.63) is 33.6 Å². The maximum Gasteiger partial charge on any atom is 0.142 e.